The first kappa shape index (κ1) is 16.8. The quantitative estimate of drug-likeness (QED) is 0.726. The van der Waals surface area contributed by atoms with E-state index < -0.39 is 0 Å². The monoisotopic (exact) mass is 365 g/mol. The Labute approximate surface area is 155 Å². The highest BCUT2D eigenvalue weighted by Crippen LogP contribution is 2.35. The van der Waals surface area contributed by atoms with Crippen molar-refractivity contribution in [2.75, 3.05) is 5.32 Å². The normalized spacial score (nSPS) is 14.6. The zero-order valence-electron chi connectivity index (χ0n) is 14.2. The molecule has 0 radical (unpaired) electrons. The highest BCUT2D eigenvalue weighted by atomic mass is 32.2. The number of fused-ring (bicyclic) bond motifs is 1. The molecule has 1 aliphatic rings. The van der Waals surface area contributed by atoms with Crippen LogP contribution in [0.5, 0.6) is 0 Å². The van der Waals surface area contributed by atoms with Gasteiger partial charge in [0.1, 0.15) is 0 Å². The molecule has 5 nitrogen and oxygen atoms in total. The van der Waals surface area contributed by atoms with Crippen molar-refractivity contribution in [1.29, 1.82) is 0 Å². The molecular formula is C20H19N3O2S. The highest BCUT2D eigenvalue weighted by molar-refractivity contribution is 8.00. The van der Waals surface area contributed by atoms with Gasteiger partial charge >= 0.3 is 0 Å². The van der Waals surface area contributed by atoms with Crippen molar-refractivity contribution in [2.45, 2.75) is 35.8 Å². The van der Waals surface area contributed by atoms with Crippen LogP contribution in [0.3, 0.4) is 0 Å². The molecule has 1 aromatic heterocycles. The summed E-state index contributed by atoms with van der Waals surface area (Å²) in [5.41, 5.74) is 0.623. The summed E-state index contributed by atoms with van der Waals surface area (Å²) in [4.78, 5) is 25.7. The summed E-state index contributed by atoms with van der Waals surface area (Å²) in [6, 6.07) is 14.9. The Morgan fingerprint density at radius 3 is 2.46 bits per heavy atom. The molecule has 0 unspecified atom stereocenters. The van der Waals surface area contributed by atoms with E-state index in [0.29, 0.717) is 21.7 Å². The lowest BCUT2D eigenvalue weighted by Crippen LogP contribution is -2.19. The predicted octanol–water partition coefficient (Wildman–Crippen LogP) is 4.21. The van der Waals surface area contributed by atoms with E-state index in [0.717, 1.165) is 0 Å². The van der Waals surface area contributed by atoms with Gasteiger partial charge in [0.05, 0.1) is 5.39 Å². The van der Waals surface area contributed by atoms with Crippen molar-refractivity contribution in [2.24, 2.45) is 0 Å². The molecule has 2 N–H and O–H groups in total. The minimum atomic E-state index is -0.339. The molecule has 1 heterocycles. The molecule has 3 aromatic rings. The second kappa shape index (κ2) is 7.33. The van der Waals surface area contributed by atoms with Gasteiger partial charge < -0.3 is 5.32 Å². The van der Waals surface area contributed by atoms with Gasteiger partial charge in [-0.3, -0.25) is 9.59 Å². The van der Waals surface area contributed by atoms with Gasteiger partial charge in [-0.2, -0.15) is 5.10 Å². The second-order valence-corrected chi connectivity index (χ2v) is 7.82. The average Bonchev–Trinajstić information content (AvgIpc) is 3.17. The summed E-state index contributed by atoms with van der Waals surface area (Å²) in [7, 11) is 0. The average molecular weight is 365 g/mol. The minimum absolute atomic E-state index is 0.213. The molecule has 1 fully saturated rings. The summed E-state index contributed by atoms with van der Waals surface area (Å²) in [5.74, 6) is -0.339. The summed E-state index contributed by atoms with van der Waals surface area (Å²) in [5, 5.41) is 10.9. The fraction of sp³-hybridized carbons (Fsp3) is 0.250. The number of nitrogens with zero attached hydrogens (tertiary/aromatic N) is 1. The van der Waals surface area contributed by atoms with Gasteiger partial charge in [0.2, 0.25) is 0 Å². The Morgan fingerprint density at radius 2 is 1.73 bits per heavy atom. The third kappa shape index (κ3) is 3.51. The third-order valence-electron chi connectivity index (χ3n) is 4.63. The number of hydrogen-bond acceptors (Lipinski definition) is 4. The van der Waals surface area contributed by atoms with Crippen LogP contribution in [0.2, 0.25) is 0 Å². The van der Waals surface area contributed by atoms with Gasteiger partial charge in [-0.25, -0.2) is 5.10 Å². The smallest absolute Gasteiger partial charge is 0.276 e. The van der Waals surface area contributed by atoms with E-state index >= 15 is 0 Å². The first-order valence-corrected chi connectivity index (χ1v) is 9.64. The van der Waals surface area contributed by atoms with Crippen LogP contribution in [0, 0.1) is 0 Å². The van der Waals surface area contributed by atoms with Gasteiger partial charge in [-0.15, -0.1) is 11.8 Å². The second-order valence-electron chi connectivity index (χ2n) is 6.45. The Balaban J connectivity index is 1.51. The number of benzene rings is 2. The maximum absolute atomic E-state index is 12.6. The molecule has 0 atom stereocenters. The lowest BCUT2D eigenvalue weighted by atomic mass is 10.1. The number of carbonyl (C=O) groups excluding carboxylic acids is 1. The van der Waals surface area contributed by atoms with E-state index in [4.69, 9.17) is 0 Å². The zero-order chi connectivity index (χ0) is 17.9. The van der Waals surface area contributed by atoms with Crippen LogP contribution in [0.4, 0.5) is 5.69 Å². The van der Waals surface area contributed by atoms with Gasteiger partial charge in [-0.05, 0) is 43.2 Å². The summed E-state index contributed by atoms with van der Waals surface area (Å²) in [6.45, 7) is 0. The summed E-state index contributed by atoms with van der Waals surface area (Å²) in [6.07, 6.45) is 5.22. The Kier molecular flexibility index (Phi) is 4.75. The largest absolute Gasteiger partial charge is 0.321 e. The molecular weight excluding hydrogens is 346 g/mol. The summed E-state index contributed by atoms with van der Waals surface area (Å²) >= 11 is 1.91. The van der Waals surface area contributed by atoms with E-state index in [-0.39, 0.29) is 17.2 Å². The van der Waals surface area contributed by atoms with Crippen molar-refractivity contribution < 1.29 is 4.79 Å². The predicted molar refractivity (Wildman–Crippen MR) is 105 cm³/mol. The van der Waals surface area contributed by atoms with Crippen molar-refractivity contribution in [3.63, 3.8) is 0 Å². The number of carbonyl (C=O) groups is 1. The first-order valence-electron chi connectivity index (χ1n) is 8.76. The Morgan fingerprint density at radius 1 is 1.04 bits per heavy atom. The van der Waals surface area contributed by atoms with E-state index in [9.17, 15) is 9.59 Å². The number of thioether (sulfide) groups is 1. The van der Waals surface area contributed by atoms with E-state index in [1.54, 1.807) is 24.3 Å². The van der Waals surface area contributed by atoms with Crippen LogP contribution >= 0.6 is 11.8 Å². The zero-order valence-corrected chi connectivity index (χ0v) is 15.0. The third-order valence-corrected chi connectivity index (χ3v) is 5.98. The molecule has 1 amide bonds. The standard InChI is InChI=1S/C20H19N3O2S/c24-19-17-8-4-3-7-16(17)18(22-23-19)20(25)21-13-9-11-15(12-10-13)26-14-5-1-2-6-14/h3-4,7-12,14H,1-2,5-6H2,(H,21,25)(H,23,24). The van der Waals surface area contributed by atoms with Gasteiger partial charge in [-0.1, -0.05) is 31.0 Å². The van der Waals surface area contributed by atoms with Gasteiger partial charge in [0.15, 0.2) is 5.69 Å². The molecule has 0 bridgehead atoms. The number of nitrogens with one attached hydrogen (secondary N) is 2. The van der Waals surface area contributed by atoms with Crippen LogP contribution < -0.4 is 10.9 Å². The molecule has 0 aliphatic heterocycles. The van der Waals surface area contributed by atoms with Crippen LogP contribution in [0.15, 0.2) is 58.2 Å². The Bertz CT molecular complexity index is 992. The fourth-order valence-electron chi connectivity index (χ4n) is 3.29. The molecule has 1 saturated carbocycles. The molecule has 132 valence electrons. The molecule has 2 aromatic carbocycles. The van der Waals surface area contributed by atoms with E-state index in [1.807, 2.05) is 36.0 Å². The molecule has 0 saturated heterocycles. The first-order chi connectivity index (χ1) is 12.7. The molecule has 4 rings (SSSR count). The van der Waals surface area contributed by atoms with Gasteiger partial charge in [0.25, 0.3) is 11.5 Å². The number of aromatic amines is 1. The number of H-pyrrole nitrogens is 1. The SMILES string of the molecule is O=C(Nc1ccc(SC2CCCC2)cc1)c1n[nH]c(=O)c2ccccc12. The minimum Gasteiger partial charge on any atom is -0.321 e. The number of anilines is 1. The molecule has 6 heteroatoms. The number of aromatic nitrogens is 2. The lowest BCUT2D eigenvalue weighted by molar-refractivity contribution is 0.102. The topological polar surface area (TPSA) is 74.8 Å². The molecule has 26 heavy (non-hydrogen) atoms. The maximum Gasteiger partial charge on any atom is 0.276 e. The number of rotatable bonds is 4. The Hall–Kier alpha value is -2.60. The van der Waals surface area contributed by atoms with Crippen molar-refractivity contribution in [3.8, 4) is 0 Å². The van der Waals surface area contributed by atoms with Crippen LogP contribution in [-0.2, 0) is 0 Å². The molecule has 0 spiro atoms. The number of hydrogen-bond donors (Lipinski definition) is 2. The van der Waals surface area contributed by atoms with Crippen molar-refractivity contribution in [3.05, 3.63) is 64.6 Å². The maximum atomic E-state index is 12.6. The van der Waals surface area contributed by atoms with Crippen LogP contribution in [0.25, 0.3) is 10.8 Å². The summed E-state index contributed by atoms with van der Waals surface area (Å²) < 4.78 is 0. The lowest BCUT2D eigenvalue weighted by Gasteiger charge is -2.10. The highest BCUT2D eigenvalue weighted by Gasteiger charge is 2.17. The fourth-order valence-corrected chi connectivity index (χ4v) is 4.54. The van der Waals surface area contributed by atoms with E-state index in [1.165, 1.54) is 30.6 Å². The van der Waals surface area contributed by atoms with Crippen molar-refractivity contribution in [1.82, 2.24) is 10.2 Å². The van der Waals surface area contributed by atoms with Gasteiger partial charge in [0, 0.05) is 21.2 Å². The molecule has 1 aliphatic carbocycles. The van der Waals surface area contributed by atoms with Crippen LogP contribution in [-0.4, -0.2) is 21.4 Å². The van der Waals surface area contributed by atoms with E-state index in [2.05, 4.69) is 15.5 Å². The number of amides is 1. The van der Waals surface area contributed by atoms with Crippen molar-refractivity contribution >= 4 is 34.1 Å². The van der Waals surface area contributed by atoms with Crippen LogP contribution in [0.1, 0.15) is 36.2 Å².